The number of amides is 1. The minimum absolute atomic E-state index is 0.162. The summed E-state index contributed by atoms with van der Waals surface area (Å²) in [6.45, 7) is 9.11. The summed E-state index contributed by atoms with van der Waals surface area (Å²) in [4.78, 5) is 19.2. The number of likely N-dealkylation sites (N-methyl/N-ethyl adjacent to an activating group) is 2. The SMILES string of the molecule is CCOC1=CCC(SN2CCN(C)CC2)C=C1C(=NCC(=N)CC)NC(=O)CNC. The number of aliphatic imine (C=N–C) groups is 1. The third kappa shape index (κ3) is 7.86. The van der Waals surface area contributed by atoms with E-state index < -0.39 is 0 Å². The Morgan fingerprint density at radius 2 is 2.07 bits per heavy atom. The van der Waals surface area contributed by atoms with Gasteiger partial charge in [-0.25, -0.2) is 4.31 Å². The van der Waals surface area contributed by atoms with E-state index in [1.807, 2.05) is 25.8 Å². The lowest BCUT2D eigenvalue weighted by Gasteiger charge is -2.34. The third-order valence-electron chi connectivity index (χ3n) is 4.91. The number of amidine groups is 1. The molecule has 2 aliphatic rings. The summed E-state index contributed by atoms with van der Waals surface area (Å²) < 4.78 is 8.28. The highest BCUT2D eigenvalue weighted by atomic mass is 32.2. The zero-order valence-corrected chi connectivity index (χ0v) is 19.5. The number of piperazine rings is 1. The summed E-state index contributed by atoms with van der Waals surface area (Å²) in [6.07, 6.45) is 5.76. The van der Waals surface area contributed by atoms with Gasteiger partial charge in [-0.1, -0.05) is 24.9 Å². The van der Waals surface area contributed by atoms with Crippen molar-refractivity contribution in [1.82, 2.24) is 19.8 Å². The van der Waals surface area contributed by atoms with Crippen LogP contribution < -0.4 is 10.6 Å². The summed E-state index contributed by atoms with van der Waals surface area (Å²) in [7, 11) is 3.89. The molecule has 1 aliphatic carbocycles. The van der Waals surface area contributed by atoms with Crippen molar-refractivity contribution in [2.75, 3.05) is 60.0 Å². The first-order chi connectivity index (χ1) is 14.5. The van der Waals surface area contributed by atoms with Crippen LogP contribution in [-0.4, -0.2) is 91.9 Å². The number of hydrogen-bond acceptors (Lipinski definition) is 8. The lowest BCUT2D eigenvalue weighted by atomic mass is 10.0. The summed E-state index contributed by atoms with van der Waals surface area (Å²) >= 11 is 1.85. The molecule has 1 fully saturated rings. The van der Waals surface area contributed by atoms with Gasteiger partial charge < -0.3 is 25.7 Å². The number of hydrogen-bond donors (Lipinski definition) is 3. The third-order valence-corrected chi connectivity index (χ3v) is 6.17. The zero-order chi connectivity index (χ0) is 21.9. The van der Waals surface area contributed by atoms with Crippen LogP contribution in [0.1, 0.15) is 26.7 Å². The van der Waals surface area contributed by atoms with Gasteiger partial charge in [0.15, 0.2) is 0 Å². The standard InChI is InChI=1S/C21H36N6O2S/c1-5-16(22)14-24-21(25-20(28)15-23-3)18-13-17(7-8-19(18)29-6-2)30-27-11-9-26(4)10-12-27/h8,13,17,22-23H,5-7,9-12,14-15H2,1-4H3,(H,24,25,28). The fraction of sp³-hybridized carbons (Fsp3) is 0.667. The Hall–Kier alpha value is -1.68. The van der Waals surface area contributed by atoms with Crippen molar-refractivity contribution in [3.8, 4) is 0 Å². The lowest BCUT2D eigenvalue weighted by molar-refractivity contribution is -0.118. The minimum Gasteiger partial charge on any atom is -0.493 e. The fourth-order valence-electron chi connectivity index (χ4n) is 3.13. The minimum atomic E-state index is -0.162. The molecule has 0 spiro atoms. The first-order valence-corrected chi connectivity index (χ1v) is 11.5. The molecule has 168 valence electrons. The van der Waals surface area contributed by atoms with Crippen LogP contribution in [0.2, 0.25) is 0 Å². The predicted octanol–water partition coefficient (Wildman–Crippen LogP) is 1.66. The van der Waals surface area contributed by atoms with Crippen molar-refractivity contribution < 1.29 is 9.53 Å². The summed E-state index contributed by atoms with van der Waals surface area (Å²) in [6, 6.07) is 0. The molecule has 0 aromatic rings. The van der Waals surface area contributed by atoms with Gasteiger partial charge in [-0.2, -0.15) is 0 Å². The molecule has 1 amide bonds. The number of allylic oxidation sites excluding steroid dienone is 1. The summed E-state index contributed by atoms with van der Waals surface area (Å²) in [5.41, 5.74) is 1.33. The van der Waals surface area contributed by atoms with Crippen molar-refractivity contribution in [1.29, 1.82) is 5.41 Å². The molecule has 8 nitrogen and oxygen atoms in total. The van der Waals surface area contributed by atoms with Gasteiger partial charge in [0.2, 0.25) is 5.91 Å². The summed E-state index contributed by atoms with van der Waals surface area (Å²) in [5, 5.41) is 14.0. The quantitative estimate of drug-likeness (QED) is 0.274. The van der Waals surface area contributed by atoms with Crippen LogP contribution in [0.3, 0.4) is 0 Å². The maximum Gasteiger partial charge on any atom is 0.239 e. The van der Waals surface area contributed by atoms with Crippen molar-refractivity contribution in [2.24, 2.45) is 4.99 Å². The molecule has 1 aliphatic heterocycles. The molecule has 0 aromatic heterocycles. The Morgan fingerprint density at radius 1 is 1.33 bits per heavy atom. The van der Waals surface area contributed by atoms with E-state index >= 15 is 0 Å². The second-order valence-corrected chi connectivity index (χ2v) is 8.73. The van der Waals surface area contributed by atoms with Crippen molar-refractivity contribution in [3.63, 3.8) is 0 Å². The monoisotopic (exact) mass is 436 g/mol. The van der Waals surface area contributed by atoms with E-state index in [0.29, 0.717) is 24.6 Å². The second kappa shape index (κ2) is 12.9. The fourth-order valence-corrected chi connectivity index (χ4v) is 4.27. The Morgan fingerprint density at radius 3 is 2.70 bits per heavy atom. The average Bonchev–Trinajstić information content (AvgIpc) is 2.74. The number of rotatable bonds is 10. The maximum absolute atomic E-state index is 12.3. The highest BCUT2D eigenvalue weighted by molar-refractivity contribution is 7.97. The van der Waals surface area contributed by atoms with Crippen LogP contribution in [0.4, 0.5) is 0 Å². The van der Waals surface area contributed by atoms with Crippen LogP contribution in [0, 0.1) is 5.41 Å². The molecule has 3 N–H and O–H groups in total. The number of nitrogens with zero attached hydrogens (tertiary/aromatic N) is 3. The molecular weight excluding hydrogens is 400 g/mol. The Bertz CT molecular complexity index is 683. The van der Waals surface area contributed by atoms with Crippen molar-refractivity contribution in [3.05, 3.63) is 23.5 Å². The van der Waals surface area contributed by atoms with Gasteiger partial charge in [0, 0.05) is 37.1 Å². The number of carbonyl (C=O) groups is 1. The van der Waals surface area contributed by atoms with Crippen LogP contribution in [0.15, 0.2) is 28.5 Å². The van der Waals surface area contributed by atoms with E-state index in [-0.39, 0.29) is 24.2 Å². The van der Waals surface area contributed by atoms with Gasteiger partial charge >= 0.3 is 0 Å². The van der Waals surface area contributed by atoms with Gasteiger partial charge in [-0.3, -0.25) is 9.79 Å². The van der Waals surface area contributed by atoms with Crippen LogP contribution >= 0.6 is 11.9 Å². The van der Waals surface area contributed by atoms with Crippen LogP contribution in [0.5, 0.6) is 0 Å². The van der Waals surface area contributed by atoms with E-state index in [4.69, 9.17) is 10.1 Å². The Kier molecular flexibility index (Phi) is 10.6. The van der Waals surface area contributed by atoms with E-state index in [1.165, 1.54) is 0 Å². The molecular formula is C21H36N6O2S. The molecule has 9 heteroatoms. The van der Waals surface area contributed by atoms with Crippen LogP contribution in [0.25, 0.3) is 0 Å². The summed E-state index contributed by atoms with van der Waals surface area (Å²) in [5.74, 6) is 1.07. The molecule has 1 saturated heterocycles. The highest BCUT2D eigenvalue weighted by Gasteiger charge is 2.25. The molecule has 0 saturated carbocycles. The first kappa shape index (κ1) is 24.6. The molecule has 2 rings (SSSR count). The van der Waals surface area contributed by atoms with Crippen molar-refractivity contribution >= 4 is 29.4 Å². The van der Waals surface area contributed by atoms with Gasteiger partial charge in [0.05, 0.1) is 25.3 Å². The molecule has 0 radical (unpaired) electrons. The molecule has 1 heterocycles. The van der Waals surface area contributed by atoms with Gasteiger partial charge in [0.25, 0.3) is 0 Å². The zero-order valence-electron chi connectivity index (χ0n) is 18.7. The van der Waals surface area contributed by atoms with E-state index in [2.05, 4.69) is 44.0 Å². The molecule has 1 atom stereocenters. The van der Waals surface area contributed by atoms with E-state index in [9.17, 15) is 4.79 Å². The molecule has 0 bridgehead atoms. The van der Waals surface area contributed by atoms with E-state index in [1.54, 1.807) is 7.05 Å². The first-order valence-electron chi connectivity index (χ1n) is 10.7. The molecule has 0 aromatic carbocycles. The Labute approximate surface area is 184 Å². The van der Waals surface area contributed by atoms with Gasteiger partial charge in [-0.15, -0.1) is 0 Å². The number of ether oxygens (including phenoxy) is 1. The normalized spacial score (nSPS) is 21.1. The Balaban J connectivity index is 2.23. The number of nitrogens with one attached hydrogen (secondary N) is 3. The largest absolute Gasteiger partial charge is 0.493 e. The second-order valence-electron chi connectivity index (χ2n) is 7.39. The predicted molar refractivity (Wildman–Crippen MR) is 125 cm³/mol. The van der Waals surface area contributed by atoms with E-state index in [0.717, 1.165) is 43.9 Å². The maximum atomic E-state index is 12.3. The highest BCUT2D eigenvalue weighted by Crippen LogP contribution is 2.30. The number of carbonyl (C=O) groups excluding carboxylic acids is 1. The molecule has 30 heavy (non-hydrogen) atoms. The van der Waals surface area contributed by atoms with Gasteiger partial charge in [-0.05, 0) is 39.9 Å². The topological polar surface area (TPSA) is 93.1 Å². The lowest BCUT2D eigenvalue weighted by Crippen LogP contribution is -2.42. The van der Waals surface area contributed by atoms with Crippen molar-refractivity contribution in [2.45, 2.75) is 31.9 Å². The van der Waals surface area contributed by atoms with Gasteiger partial charge in [0.1, 0.15) is 11.6 Å². The molecule has 1 unspecified atom stereocenters. The van der Waals surface area contributed by atoms with Crippen LogP contribution in [-0.2, 0) is 9.53 Å². The average molecular weight is 437 g/mol. The smallest absolute Gasteiger partial charge is 0.239 e.